The molecule has 0 fully saturated rings. The van der Waals surface area contributed by atoms with Crippen LogP contribution in [0, 0.1) is 0 Å². The van der Waals surface area contributed by atoms with Crippen molar-refractivity contribution in [3.8, 4) is 0 Å². The smallest absolute Gasteiger partial charge is 0.306 e. The van der Waals surface area contributed by atoms with E-state index in [4.69, 9.17) is 14.2 Å². The van der Waals surface area contributed by atoms with Crippen molar-refractivity contribution in [3.63, 3.8) is 0 Å². The third-order valence-corrected chi connectivity index (χ3v) is 15.2. The van der Waals surface area contributed by atoms with E-state index in [0.29, 0.717) is 19.3 Å². The highest BCUT2D eigenvalue weighted by Crippen LogP contribution is 2.17. The number of carbonyl (C=O) groups is 3. The molecule has 79 heavy (non-hydrogen) atoms. The Balaban J connectivity index is 4.34. The van der Waals surface area contributed by atoms with E-state index in [1.165, 1.54) is 218 Å². The topological polar surface area (TPSA) is 78.9 Å². The van der Waals surface area contributed by atoms with Gasteiger partial charge in [-0.2, -0.15) is 0 Å². The number of allylic oxidation sites excluding steroid dienone is 12. The highest BCUT2D eigenvalue weighted by atomic mass is 16.6. The van der Waals surface area contributed by atoms with Crippen molar-refractivity contribution >= 4 is 17.9 Å². The van der Waals surface area contributed by atoms with E-state index in [0.717, 1.165) is 96.3 Å². The highest BCUT2D eigenvalue weighted by Gasteiger charge is 2.19. The minimum atomic E-state index is -0.786. The first-order valence-electron chi connectivity index (χ1n) is 34.4. The van der Waals surface area contributed by atoms with Crippen LogP contribution in [0.1, 0.15) is 355 Å². The molecule has 0 amide bonds. The van der Waals surface area contributed by atoms with E-state index in [-0.39, 0.29) is 31.1 Å². The SMILES string of the molecule is CC/C=C\C/C=C\C/C=C\C/C=C\CCCCCCCCC(=O)OC(COC(=O)CCCCCCCCC/C=C\CCCCCCCC)COC(=O)CCCCCCCCCCCCCCC/C=C\CCCCCCCCCC. The minimum Gasteiger partial charge on any atom is -0.462 e. The molecule has 0 heterocycles. The Morgan fingerprint density at radius 3 is 0.785 bits per heavy atom. The van der Waals surface area contributed by atoms with Crippen LogP contribution < -0.4 is 0 Å². The number of carbonyl (C=O) groups excluding carboxylic acids is 3. The van der Waals surface area contributed by atoms with Crippen LogP contribution in [0.5, 0.6) is 0 Å². The van der Waals surface area contributed by atoms with E-state index >= 15 is 0 Å². The lowest BCUT2D eigenvalue weighted by Crippen LogP contribution is -2.30. The van der Waals surface area contributed by atoms with Crippen molar-refractivity contribution in [1.29, 1.82) is 0 Å². The average molecular weight is 1100 g/mol. The van der Waals surface area contributed by atoms with Crippen molar-refractivity contribution in [3.05, 3.63) is 72.9 Å². The number of hydrogen-bond donors (Lipinski definition) is 0. The molecule has 6 heteroatoms. The lowest BCUT2D eigenvalue weighted by Gasteiger charge is -2.18. The molecule has 0 saturated heterocycles. The van der Waals surface area contributed by atoms with E-state index in [9.17, 15) is 14.4 Å². The summed E-state index contributed by atoms with van der Waals surface area (Å²) in [6, 6.07) is 0. The molecule has 0 N–H and O–H groups in total. The van der Waals surface area contributed by atoms with Gasteiger partial charge >= 0.3 is 17.9 Å². The molecule has 6 nitrogen and oxygen atoms in total. The zero-order valence-electron chi connectivity index (χ0n) is 52.6. The molecule has 0 bridgehead atoms. The Hall–Kier alpha value is -3.15. The molecule has 0 aromatic heterocycles. The molecular formula is C73H130O6. The first-order valence-corrected chi connectivity index (χ1v) is 34.4. The van der Waals surface area contributed by atoms with Gasteiger partial charge in [0.05, 0.1) is 0 Å². The van der Waals surface area contributed by atoms with E-state index in [1.807, 2.05) is 0 Å². The molecular weight excluding hydrogens is 973 g/mol. The molecule has 0 aromatic carbocycles. The van der Waals surface area contributed by atoms with Gasteiger partial charge in [0, 0.05) is 19.3 Å². The largest absolute Gasteiger partial charge is 0.462 e. The Bertz CT molecular complexity index is 1450. The number of esters is 3. The summed E-state index contributed by atoms with van der Waals surface area (Å²) < 4.78 is 17.0. The molecule has 458 valence electrons. The second-order valence-electron chi connectivity index (χ2n) is 23.1. The molecule has 0 aliphatic carbocycles. The fourth-order valence-electron chi connectivity index (χ4n) is 10.0. The number of ether oxygens (including phenoxy) is 3. The van der Waals surface area contributed by atoms with Gasteiger partial charge in [-0.25, -0.2) is 0 Å². The quantitative estimate of drug-likeness (QED) is 0.0261. The Morgan fingerprint density at radius 1 is 0.266 bits per heavy atom. The number of unbranched alkanes of at least 4 members (excludes halogenated alkanes) is 40. The maximum absolute atomic E-state index is 12.9. The first-order chi connectivity index (χ1) is 39.0. The Labute approximate surface area is 491 Å². The standard InChI is InChI=1S/C73H130O6/c1-4-7-10-13-16-19-22-25-28-31-33-34-35-36-37-38-40-42-45-48-51-54-57-60-63-66-72(75)78-69-70(68-77-71(74)65-62-59-56-53-50-47-44-41-30-27-24-21-18-15-12-9-6-3)79-73(76)67-64-61-58-55-52-49-46-43-39-32-29-26-23-20-17-14-11-8-5-2/h8,11,17,20,26-27,29-31,33,39,43,70H,4-7,9-10,12-16,18-19,21-25,28,32,34-38,40-42,44-69H2,1-3H3/b11-8-,20-17-,29-26-,30-27-,33-31-,43-39-. The Kier molecular flexibility index (Phi) is 64.7. The molecule has 0 aromatic rings. The van der Waals surface area contributed by atoms with Gasteiger partial charge in [0.1, 0.15) is 13.2 Å². The van der Waals surface area contributed by atoms with Crippen molar-refractivity contribution in [1.82, 2.24) is 0 Å². The summed E-state index contributed by atoms with van der Waals surface area (Å²) in [5.74, 6) is -0.880. The molecule has 0 aliphatic heterocycles. The summed E-state index contributed by atoms with van der Waals surface area (Å²) in [6.45, 7) is 6.56. The fraction of sp³-hybridized carbons (Fsp3) is 0.795. The van der Waals surface area contributed by atoms with Gasteiger partial charge in [0.25, 0.3) is 0 Å². The van der Waals surface area contributed by atoms with Crippen LogP contribution in [0.4, 0.5) is 0 Å². The van der Waals surface area contributed by atoms with Crippen LogP contribution in [0.3, 0.4) is 0 Å². The van der Waals surface area contributed by atoms with Gasteiger partial charge < -0.3 is 14.2 Å². The van der Waals surface area contributed by atoms with E-state index in [2.05, 4.69) is 93.7 Å². The maximum atomic E-state index is 12.9. The lowest BCUT2D eigenvalue weighted by molar-refractivity contribution is -0.167. The molecule has 0 aliphatic rings. The summed E-state index contributed by atoms with van der Waals surface area (Å²) >= 11 is 0. The van der Waals surface area contributed by atoms with Gasteiger partial charge in [0.15, 0.2) is 6.10 Å². The van der Waals surface area contributed by atoms with Gasteiger partial charge in [-0.05, 0) is 109 Å². The minimum absolute atomic E-state index is 0.0805. The summed E-state index contributed by atoms with van der Waals surface area (Å²) in [5.41, 5.74) is 0. The molecule has 1 atom stereocenters. The highest BCUT2D eigenvalue weighted by molar-refractivity contribution is 5.71. The van der Waals surface area contributed by atoms with Crippen molar-refractivity contribution in [2.24, 2.45) is 0 Å². The second-order valence-corrected chi connectivity index (χ2v) is 23.1. The maximum Gasteiger partial charge on any atom is 0.306 e. The van der Waals surface area contributed by atoms with E-state index < -0.39 is 6.10 Å². The molecule has 0 radical (unpaired) electrons. The monoisotopic (exact) mass is 1100 g/mol. The molecule has 0 rings (SSSR count). The number of hydrogen-bond acceptors (Lipinski definition) is 6. The molecule has 1 unspecified atom stereocenters. The van der Waals surface area contributed by atoms with Crippen LogP contribution in [0.15, 0.2) is 72.9 Å². The van der Waals surface area contributed by atoms with Crippen molar-refractivity contribution in [2.75, 3.05) is 13.2 Å². The third-order valence-electron chi connectivity index (χ3n) is 15.2. The zero-order chi connectivity index (χ0) is 57.1. The van der Waals surface area contributed by atoms with Crippen LogP contribution in [-0.2, 0) is 28.6 Å². The van der Waals surface area contributed by atoms with Gasteiger partial charge in [-0.1, -0.05) is 299 Å². The summed E-state index contributed by atoms with van der Waals surface area (Å²) in [5, 5.41) is 0. The summed E-state index contributed by atoms with van der Waals surface area (Å²) in [7, 11) is 0. The van der Waals surface area contributed by atoms with E-state index in [1.54, 1.807) is 0 Å². The predicted octanol–water partition coefficient (Wildman–Crippen LogP) is 23.7. The van der Waals surface area contributed by atoms with Crippen LogP contribution in [0.2, 0.25) is 0 Å². The van der Waals surface area contributed by atoms with Gasteiger partial charge in [-0.3, -0.25) is 14.4 Å². The number of rotatable bonds is 63. The lowest BCUT2D eigenvalue weighted by atomic mass is 10.0. The molecule has 0 saturated carbocycles. The Morgan fingerprint density at radius 2 is 0.494 bits per heavy atom. The fourth-order valence-corrected chi connectivity index (χ4v) is 10.0. The van der Waals surface area contributed by atoms with Gasteiger partial charge in [0.2, 0.25) is 0 Å². The van der Waals surface area contributed by atoms with Crippen molar-refractivity contribution < 1.29 is 28.6 Å². The normalized spacial score (nSPS) is 12.5. The van der Waals surface area contributed by atoms with Crippen LogP contribution in [-0.4, -0.2) is 37.2 Å². The van der Waals surface area contributed by atoms with Gasteiger partial charge in [-0.15, -0.1) is 0 Å². The van der Waals surface area contributed by atoms with Crippen molar-refractivity contribution in [2.45, 2.75) is 361 Å². The average Bonchev–Trinajstić information content (AvgIpc) is 3.45. The van der Waals surface area contributed by atoms with Crippen LogP contribution >= 0.6 is 0 Å². The predicted molar refractivity (Wildman–Crippen MR) is 344 cm³/mol. The summed E-state index contributed by atoms with van der Waals surface area (Å²) in [4.78, 5) is 38.4. The zero-order valence-corrected chi connectivity index (χ0v) is 52.6. The van der Waals surface area contributed by atoms with Crippen LogP contribution in [0.25, 0.3) is 0 Å². The third kappa shape index (κ3) is 65.5. The second kappa shape index (κ2) is 67.4. The summed E-state index contributed by atoms with van der Waals surface area (Å²) in [6.07, 6.45) is 87.7. The first kappa shape index (κ1) is 75.8. The molecule has 0 spiro atoms.